The van der Waals surface area contributed by atoms with Crippen LogP contribution >= 0.6 is 0 Å². The van der Waals surface area contributed by atoms with E-state index in [4.69, 9.17) is 9.47 Å². The first-order chi connectivity index (χ1) is 6.33. The van der Waals surface area contributed by atoms with E-state index in [9.17, 15) is 0 Å². The molecule has 0 bridgehead atoms. The van der Waals surface area contributed by atoms with Gasteiger partial charge in [0.05, 0.1) is 19.3 Å². The molecule has 0 aliphatic carbocycles. The van der Waals surface area contributed by atoms with E-state index >= 15 is 0 Å². The van der Waals surface area contributed by atoms with E-state index < -0.39 is 0 Å². The Morgan fingerprint density at radius 1 is 1.69 bits per heavy atom. The van der Waals surface area contributed by atoms with E-state index in [1.165, 1.54) is 6.42 Å². The summed E-state index contributed by atoms with van der Waals surface area (Å²) in [6.07, 6.45) is 2.63. The highest BCUT2D eigenvalue weighted by atomic mass is 16.5. The Labute approximate surface area is 80.1 Å². The molecular formula is C10H19NO2. The average Bonchev–Trinajstić information content (AvgIpc) is 2.57. The third-order valence-electron chi connectivity index (χ3n) is 2.06. The monoisotopic (exact) mass is 185 g/mol. The molecule has 3 nitrogen and oxygen atoms in total. The van der Waals surface area contributed by atoms with Crippen LogP contribution in [0.25, 0.3) is 0 Å². The second-order valence-corrected chi connectivity index (χ2v) is 3.43. The lowest BCUT2D eigenvalue weighted by molar-refractivity contribution is 0.0245. The lowest BCUT2D eigenvalue weighted by Gasteiger charge is -2.10. The smallest absolute Gasteiger partial charge is 0.0809 e. The number of nitrogens with one attached hydrogen (secondary N) is 1. The van der Waals surface area contributed by atoms with Gasteiger partial charge in [0, 0.05) is 13.2 Å². The molecule has 0 amide bonds. The van der Waals surface area contributed by atoms with Gasteiger partial charge in [-0.3, -0.25) is 0 Å². The molecule has 1 unspecified atom stereocenters. The molecule has 1 N–H and O–H groups in total. The summed E-state index contributed by atoms with van der Waals surface area (Å²) in [5.74, 6) is 0. The van der Waals surface area contributed by atoms with Gasteiger partial charge in [-0.05, 0) is 25.5 Å². The number of hydrogen-bond donors (Lipinski definition) is 1. The summed E-state index contributed by atoms with van der Waals surface area (Å²) >= 11 is 0. The Kier molecular flexibility index (Phi) is 5.05. The van der Waals surface area contributed by atoms with Crippen molar-refractivity contribution in [2.75, 3.05) is 33.4 Å². The Hall–Kier alpha value is -0.380. The molecule has 0 saturated carbocycles. The van der Waals surface area contributed by atoms with Crippen LogP contribution in [0, 0.1) is 0 Å². The summed E-state index contributed by atoms with van der Waals surface area (Å²) in [6, 6.07) is 0. The molecule has 13 heavy (non-hydrogen) atoms. The molecule has 3 heteroatoms. The summed E-state index contributed by atoms with van der Waals surface area (Å²) in [5, 5.41) is 3.04. The van der Waals surface area contributed by atoms with Gasteiger partial charge in [-0.15, -0.1) is 0 Å². The predicted octanol–water partition coefficient (Wildman–Crippen LogP) is 0.958. The normalized spacial score (nSPS) is 22.1. The predicted molar refractivity (Wildman–Crippen MR) is 52.9 cm³/mol. The van der Waals surface area contributed by atoms with Crippen LogP contribution < -0.4 is 5.32 Å². The van der Waals surface area contributed by atoms with Crippen LogP contribution in [0.3, 0.4) is 0 Å². The Morgan fingerprint density at radius 2 is 2.54 bits per heavy atom. The zero-order valence-electron chi connectivity index (χ0n) is 8.34. The fraction of sp³-hybridized carbons (Fsp3) is 0.800. The van der Waals surface area contributed by atoms with Crippen molar-refractivity contribution in [3.05, 3.63) is 12.2 Å². The second-order valence-electron chi connectivity index (χ2n) is 3.43. The van der Waals surface area contributed by atoms with Crippen molar-refractivity contribution in [2.45, 2.75) is 18.9 Å². The van der Waals surface area contributed by atoms with E-state index in [-0.39, 0.29) is 0 Å². The minimum absolute atomic E-state index is 0.322. The highest BCUT2D eigenvalue weighted by Gasteiger charge is 2.14. The van der Waals surface area contributed by atoms with Crippen LogP contribution in [0.4, 0.5) is 0 Å². The minimum atomic E-state index is 0.322. The molecule has 1 aliphatic rings. The number of hydrogen-bond acceptors (Lipinski definition) is 3. The minimum Gasteiger partial charge on any atom is -0.376 e. The fourth-order valence-corrected chi connectivity index (χ4v) is 1.41. The quantitative estimate of drug-likeness (QED) is 0.625. The van der Waals surface area contributed by atoms with Gasteiger partial charge in [0.2, 0.25) is 0 Å². The van der Waals surface area contributed by atoms with E-state index in [1.54, 1.807) is 0 Å². The summed E-state index contributed by atoms with van der Waals surface area (Å²) < 4.78 is 10.9. The summed E-state index contributed by atoms with van der Waals surface area (Å²) in [4.78, 5) is 0. The third-order valence-corrected chi connectivity index (χ3v) is 2.06. The molecule has 1 atom stereocenters. The van der Waals surface area contributed by atoms with Crippen molar-refractivity contribution in [3.63, 3.8) is 0 Å². The Balaban J connectivity index is 1.96. The van der Waals surface area contributed by atoms with Crippen LogP contribution in [0.1, 0.15) is 12.8 Å². The molecule has 0 aromatic rings. The maximum absolute atomic E-state index is 5.47. The maximum Gasteiger partial charge on any atom is 0.0809 e. The molecule has 1 saturated heterocycles. The SMILES string of the molecule is C=C(CNC)COCC1CCCO1. The zero-order valence-corrected chi connectivity index (χ0v) is 8.34. The third kappa shape index (κ3) is 4.41. The van der Waals surface area contributed by atoms with E-state index in [1.807, 2.05) is 7.05 Å². The van der Waals surface area contributed by atoms with E-state index in [0.29, 0.717) is 19.3 Å². The van der Waals surface area contributed by atoms with Crippen molar-refractivity contribution in [3.8, 4) is 0 Å². The van der Waals surface area contributed by atoms with Crippen LogP contribution in [0.2, 0.25) is 0 Å². The van der Waals surface area contributed by atoms with Crippen LogP contribution in [0.5, 0.6) is 0 Å². The molecule has 1 heterocycles. The first-order valence-corrected chi connectivity index (χ1v) is 4.83. The van der Waals surface area contributed by atoms with Crippen molar-refractivity contribution < 1.29 is 9.47 Å². The summed E-state index contributed by atoms with van der Waals surface area (Å²) in [6.45, 7) is 6.95. The maximum atomic E-state index is 5.47. The van der Waals surface area contributed by atoms with Crippen molar-refractivity contribution >= 4 is 0 Å². The highest BCUT2D eigenvalue weighted by Crippen LogP contribution is 2.11. The van der Waals surface area contributed by atoms with Gasteiger partial charge in [0.25, 0.3) is 0 Å². The summed E-state index contributed by atoms with van der Waals surface area (Å²) in [5.41, 5.74) is 1.08. The number of ether oxygens (including phenoxy) is 2. The topological polar surface area (TPSA) is 30.5 Å². The molecule has 0 spiro atoms. The Morgan fingerprint density at radius 3 is 3.15 bits per heavy atom. The summed E-state index contributed by atoms with van der Waals surface area (Å²) in [7, 11) is 1.91. The largest absolute Gasteiger partial charge is 0.376 e. The van der Waals surface area contributed by atoms with E-state index in [0.717, 1.165) is 25.1 Å². The zero-order chi connectivity index (χ0) is 9.52. The van der Waals surface area contributed by atoms with Crippen molar-refractivity contribution in [2.24, 2.45) is 0 Å². The molecule has 1 rings (SSSR count). The lowest BCUT2D eigenvalue weighted by atomic mass is 10.2. The first-order valence-electron chi connectivity index (χ1n) is 4.83. The van der Waals surface area contributed by atoms with Gasteiger partial charge in [-0.25, -0.2) is 0 Å². The number of likely N-dealkylation sites (N-methyl/N-ethyl adjacent to an activating group) is 1. The highest BCUT2D eigenvalue weighted by molar-refractivity contribution is 4.96. The molecule has 0 aromatic carbocycles. The molecule has 0 aromatic heterocycles. The van der Waals surface area contributed by atoms with Crippen LogP contribution in [0.15, 0.2) is 12.2 Å². The van der Waals surface area contributed by atoms with Crippen LogP contribution in [-0.4, -0.2) is 39.5 Å². The van der Waals surface area contributed by atoms with E-state index in [2.05, 4.69) is 11.9 Å². The Bertz CT molecular complexity index is 153. The van der Waals surface area contributed by atoms with Gasteiger partial charge >= 0.3 is 0 Å². The van der Waals surface area contributed by atoms with Gasteiger partial charge in [0.15, 0.2) is 0 Å². The molecule has 1 aliphatic heterocycles. The first kappa shape index (κ1) is 10.7. The average molecular weight is 185 g/mol. The second kappa shape index (κ2) is 6.13. The van der Waals surface area contributed by atoms with Crippen molar-refractivity contribution in [1.82, 2.24) is 5.32 Å². The van der Waals surface area contributed by atoms with Gasteiger partial charge in [-0.1, -0.05) is 6.58 Å². The molecule has 0 radical (unpaired) electrons. The van der Waals surface area contributed by atoms with Crippen molar-refractivity contribution in [1.29, 1.82) is 0 Å². The van der Waals surface area contributed by atoms with Gasteiger partial charge in [0.1, 0.15) is 0 Å². The van der Waals surface area contributed by atoms with Gasteiger partial charge in [-0.2, -0.15) is 0 Å². The molecular weight excluding hydrogens is 166 g/mol. The molecule has 1 fully saturated rings. The number of rotatable bonds is 6. The lowest BCUT2D eigenvalue weighted by Crippen LogP contribution is -2.18. The fourth-order valence-electron chi connectivity index (χ4n) is 1.41. The molecule has 76 valence electrons. The van der Waals surface area contributed by atoms with Crippen LogP contribution in [-0.2, 0) is 9.47 Å². The standard InChI is InChI=1S/C10H19NO2/c1-9(6-11-2)7-12-8-10-4-3-5-13-10/h10-11H,1,3-8H2,2H3. The van der Waals surface area contributed by atoms with Gasteiger partial charge < -0.3 is 14.8 Å².